The summed E-state index contributed by atoms with van der Waals surface area (Å²) < 4.78 is 0. The number of carbonyl (C=O) groups is 2. The van der Waals surface area contributed by atoms with Gasteiger partial charge in [0.05, 0.1) is 0 Å². The van der Waals surface area contributed by atoms with E-state index in [4.69, 9.17) is 10.2 Å². The van der Waals surface area contributed by atoms with Gasteiger partial charge >= 0.3 is 41.5 Å². The maximum absolute atomic E-state index is 10.3. The van der Waals surface area contributed by atoms with Crippen LogP contribution in [0.25, 0.3) is 0 Å². The summed E-state index contributed by atoms with van der Waals surface area (Å²) in [6, 6.07) is 0. The van der Waals surface area contributed by atoms with Gasteiger partial charge < -0.3 is 11.6 Å². The Morgan fingerprint density at radius 2 is 1.75 bits per heavy atom. The van der Waals surface area contributed by atoms with Gasteiger partial charge in [0, 0.05) is 0 Å². The van der Waals surface area contributed by atoms with Crippen LogP contribution in [0.2, 0.25) is 0 Å². The molecule has 0 saturated carbocycles. The summed E-state index contributed by atoms with van der Waals surface area (Å²) in [5.74, 6) is -3.72. The summed E-state index contributed by atoms with van der Waals surface area (Å²) in [7, 11) is 0. The van der Waals surface area contributed by atoms with E-state index in [2.05, 4.69) is 0 Å². The molecular weight excluding hydrogens is 171 g/mol. The van der Waals surface area contributed by atoms with E-state index in [1.807, 2.05) is 6.92 Å². The number of hydrogen-bond donors (Lipinski definition) is 2. The van der Waals surface area contributed by atoms with Crippen molar-refractivity contribution in [3.63, 3.8) is 0 Å². The number of hydrogen-bond acceptors (Lipinski definition) is 2. The molecule has 5 heteroatoms. The number of rotatable bonds is 5. The zero-order chi connectivity index (χ0) is 8.85. The number of carboxylic acid groups (broad SMARTS) is 2. The van der Waals surface area contributed by atoms with Crippen molar-refractivity contribution in [3.05, 3.63) is 0 Å². The average Bonchev–Trinajstić information content (AvgIpc) is 1.87. The molecule has 0 aliphatic heterocycles. The Morgan fingerprint density at radius 3 is 2.00 bits per heavy atom. The van der Waals surface area contributed by atoms with Gasteiger partial charge in [-0.05, 0) is 6.42 Å². The second kappa shape index (κ2) is 7.58. The third-order valence-electron chi connectivity index (χ3n) is 1.44. The molecule has 0 amide bonds. The van der Waals surface area contributed by atoms with Gasteiger partial charge in [0.15, 0.2) is 5.92 Å². The Hall–Kier alpha value is -0.0600. The van der Waals surface area contributed by atoms with Crippen LogP contribution in [0.5, 0.6) is 0 Å². The molecule has 0 rings (SSSR count). The van der Waals surface area contributed by atoms with Crippen LogP contribution in [0, 0.1) is 5.92 Å². The fourth-order valence-corrected chi connectivity index (χ4v) is 0.761. The maximum Gasteiger partial charge on any atom is 1.00 e. The SMILES string of the molecule is CCCCC(C(=O)O)C(=O)O.[H-].[Na+]. The molecule has 0 spiro atoms. The zero-order valence-electron chi connectivity index (χ0n) is 8.41. The van der Waals surface area contributed by atoms with Crippen molar-refractivity contribution in [2.24, 2.45) is 5.92 Å². The van der Waals surface area contributed by atoms with Crippen LogP contribution in [-0.2, 0) is 9.59 Å². The molecule has 0 aromatic heterocycles. The summed E-state index contributed by atoms with van der Waals surface area (Å²) in [4.78, 5) is 20.5. The monoisotopic (exact) mass is 184 g/mol. The summed E-state index contributed by atoms with van der Waals surface area (Å²) >= 11 is 0. The second-order valence-corrected chi connectivity index (χ2v) is 2.37. The summed E-state index contributed by atoms with van der Waals surface area (Å²) in [5.41, 5.74) is 0. The number of unbranched alkanes of at least 4 members (excludes halogenated alkanes) is 1. The van der Waals surface area contributed by atoms with Gasteiger partial charge in [0.2, 0.25) is 0 Å². The van der Waals surface area contributed by atoms with E-state index in [1.54, 1.807) is 0 Å². The third-order valence-corrected chi connectivity index (χ3v) is 1.44. The zero-order valence-corrected chi connectivity index (χ0v) is 9.41. The minimum atomic E-state index is -1.24. The first-order chi connectivity index (χ1) is 5.09. The first-order valence-corrected chi connectivity index (χ1v) is 3.55. The Morgan fingerprint density at radius 1 is 1.33 bits per heavy atom. The van der Waals surface area contributed by atoms with E-state index in [0.717, 1.165) is 6.42 Å². The van der Waals surface area contributed by atoms with Gasteiger partial charge in [-0.25, -0.2) is 0 Å². The van der Waals surface area contributed by atoms with Gasteiger partial charge in [0.1, 0.15) is 0 Å². The van der Waals surface area contributed by atoms with Gasteiger partial charge in [-0.15, -0.1) is 0 Å². The van der Waals surface area contributed by atoms with Gasteiger partial charge in [0.25, 0.3) is 0 Å². The molecule has 0 unspecified atom stereocenters. The molecule has 0 aromatic rings. The van der Waals surface area contributed by atoms with Crippen molar-refractivity contribution in [3.8, 4) is 0 Å². The van der Waals surface area contributed by atoms with Crippen molar-refractivity contribution in [2.75, 3.05) is 0 Å². The molecule has 0 radical (unpaired) electrons. The normalized spacial score (nSPS) is 9.17. The predicted molar refractivity (Wildman–Crippen MR) is 39.4 cm³/mol. The molecule has 4 nitrogen and oxygen atoms in total. The Balaban J connectivity index is -0.000000500. The van der Waals surface area contributed by atoms with Crippen LogP contribution in [0.3, 0.4) is 0 Å². The quantitative estimate of drug-likeness (QED) is 0.386. The minimum Gasteiger partial charge on any atom is -1.00 e. The van der Waals surface area contributed by atoms with Gasteiger partial charge in [-0.3, -0.25) is 9.59 Å². The Bertz CT molecular complexity index is 149. The molecule has 0 aliphatic carbocycles. The average molecular weight is 184 g/mol. The molecule has 0 fully saturated rings. The molecule has 2 N–H and O–H groups in total. The van der Waals surface area contributed by atoms with E-state index >= 15 is 0 Å². The molecule has 12 heavy (non-hydrogen) atoms. The van der Waals surface area contributed by atoms with Gasteiger partial charge in [-0.1, -0.05) is 19.8 Å². The first kappa shape index (κ1) is 14.5. The van der Waals surface area contributed by atoms with Crippen molar-refractivity contribution < 1.29 is 50.8 Å². The van der Waals surface area contributed by atoms with Crippen LogP contribution < -0.4 is 29.6 Å². The first-order valence-electron chi connectivity index (χ1n) is 3.55. The molecule has 0 bridgehead atoms. The summed E-state index contributed by atoms with van der Waals surface area (Å²) in [6.07, 6.45) is 1.68. The van der Waals surface area contributed by atoms with E-state index in [-0.39, 0.29) is 37.4 Å². The van der Waals surface area contributed by atoms with Crippen LogP contribution in [0.1, 0.15) is 27.6 Å². The molecule has 0 saturated heterocycles. The van der Waals surface area contributed by atoms with Crippen LogP contribution in [-0.4, -0.2) is 22.2 Å². The minimum absolute atomic E-state index is 0. The molecular formula is C7H13NaO4. The van der Waals surface area contributed by atoms with E-state index in [9.17, 15) is 9.59 Å². The smallest absolute Gasteiger partial charge is 1.00 e. The van der Waals surface area contributed by atoms with Gasteiger partial charge in [-0.2, -0.15) is 0 Å². The number of aliphatic carboxylic acids is 2. The molecule has 66 valence electrons. The molecule has 0 aliphatic rings. The molecule has 0 atom stereocenters. The molecule has 0 heterocycles. The second-order valence-electron chi connectivity index (χ2n) is 2.37. The van der Waals surface area contributed by atoms with Crippen molar-refractivity contribution in [2.45, 2.75) is 26.2 Å². The van der Waals surface area contributed by atoms with Crippen LogP contribution in [0.15, 0.2) is 0 Å². The molecule has 0 aromatic carbocycles. The maximum atomic E-state index is 10.3. The van der Waals surface area contributed by atoms with Crippen LogP contribution in [0.4, 0.5) is 0 Å². The fraction of sp³-hybridized carbons (Fsp3) is 0.714. The third kappa shape index (κ3) is 5.57. The van der Waals surface area contributed by atoms with E-state index in [1.165, 1.54) is 0 Å². The predicted octanol–water partition coefficient (Wildman–Crippen LogP) is -1.92. The van der Waals surface area contributed by atoms with E-state index in [0.29, 0.717) is 6.42 Å². The Kier molecular flexibility index (Phi) is 9.14. The fourth-order valence-electron chi connectivity index (χ4n) is 0.761. The number of carboxylic acids is 2. The van der Waals surface area contributed by atoms with Crippen molar-refractivity contribution in [1.29, 1.82) is 0 Å². The largest absolute Gasteiger partial charge is 1.00 e. The van der Waals surface area contributed by atoms with Crippen molar-refractivity contribution in [1.82, 2.24) is 0 Å². The standard InChI is InChI=1S/C7H12O4.Na.H/c1-2-3-4-5(6(8)9)7(10)11;;/h5H,2-4H2,1H3,(H,8,9)(H,10,11);;/q;+1;-1. The van der Waals surface area contributed by atoms with E-state index < -0.39 is 17.9 Å². The Labute approximate surface area is 94.7 Å². The summed E-state index contributed by atoms with van der Waals surface area (Å²) in [5, 5.41) is 16.8. The van der Waals surface area contributed by atoms with Crippen LogP contribution >= 0.6 is 0 Å². The van der Waals surface area contributed by atoms with Crippen molar-refractivity contribution >= 4 is 11.9 Å². The topological polar surface area (TPSA) is 74.6 Å². The summed E-state index contributed by atoms with van der Waals surface area (Å²) in [6.45, 7) is 1.89.